The van der Waals surface area contributed by atoms with Gasteiger partial charge in [-0.05, 0) is 65.9 Å². The van der Waals surface area contributed by atoms with Crippen molar-refractivity contribution in [3.8, 4) is 0 Å². The molecule has 0 unspecified atom stereocenters. The molecule has 9 heteroatoms. The fourth-order valence-corrected chi connectivity index (χ4v) is 3.73. The van der Waals surface area contributed by atoms with Gasteiger partial charge in [0.15, 0.2) is 5.65 Å². The van der Waals surface area contributed by atoms with E-state index in [0.717, 1.165) is 32.0 Å². The number of nitrogens with zero attached hydrogens (tertiary/aromatic N) is 5. The predicted molar refractivity (Wildman–Crippen MR) is 114 cm³/mol. The maximum absolute atomic E-state index is 13.7. The van der Waals surface area contributed by atoms with E-state index in [9.17, 15) is 8.78 Å². The lowest BCUT2D eigenvalue weighted by Gasteiger charge is -2.31. The number of benzene rings is 1. The van der Waals surface area contributed by atoms with Crippen LogP contribution in [0, 0.1) is 11.6 Å². The van der Waals surface area contributed by atoms with Crippen LogP contribution in [0.15, 0.2) is 24.4 Å². The Balaban J connectivity index is 1.78. The molecule has 160 valence electrons. The van der Waals surface area contributed by atoms with E-state index < -0.39 is 11.6 Å². The minimum Gasteiger partial charge on any atom is -0.350 e. The van der Waals surface area contributed by atoms with Crippen LogP contribution >= 0.6 is 0 Å². The van der Waals surface area contributed by atoms with Gasteiger partial charge in [0, 0.05) is 23.3 Å². The first kappa shape index (κ1) is 20.5. The monoisotopic (exact) mass is 415 g/mol. The van der Waals surface area contributed by atoms with E-state index in [2.05, 4.69) is 32.5 Å². The van der Waals surface area contributed by atoms with Gasteiger partial charge in [-0.25, -0.2) is 18.7 Å². The Bertz CT molecular complexity index is 1030. The summed E-state index contributed by atoms with van der Waals surface area (Å²) in [5.74, 6) is -0.258. The van der Waals surface area contributed by atoms with Crippen molar-refractivity contribution in [3.05, 3.63) is 36.0 Å². The van der Waals surface area contributed by atoms with Gasteiger partial charge in [-0.2, -0.15) is 4.98 Å². The molecule has 4 rings (SSSR count). The summed E-state index contributed by atoms with van der Waals surface area (Å²) in [6.45, 7) is 8.04. The summed E-state index contributed by atoms with van der Waals surface area (Å²) in [5, 5.41) is 6.38. The molecule has 0 spiro atoms. The van der Waals surface area contributed by atoms with Crippen molar-refractivity contribution in [2.24, 2.45) is 0 Å². The molecular formula is C21H27F2N7. The zero-order valence-corrected chi connectivity index (χ0v) is 17.7. The minimum absolute atomic E-state index is 0.171. The maximum atomic E-state index is 13.7. The van der Waals surface area contributed by atoms with Crippen LogP contribution in [-0.4, -0.2) is 50.1 Å². The van der Waals surface area contributed by atoms with E-state index in [-0.39, 0.29) is 11.6 Å². The molecule has 0 atom stereocenters. The molecule has 30 heavy (non-hydrogen) atoms. The number of piperidine rings is 1. The number of anilines is 3. The lowest BCUT2D eigenvalue weighted by molar-refractivity contribution is 0.224. The molecular weight excluding hydrogens is 388 g/mol. The number of hydrogen-bond acceptors (Lipinski definition) is 6. The standard InChI is InChI=1S/C21H27F2N7/c1-21(2,3)28-19-24-12-17-18(27-19)30(16-5-7-29(4)8-6-16)20(26-17)25-15-10-13(22)9-14(23)11-15/h9-12,16H,5-8H2,1-4H3,(H,25,26)(H,24,27,28). The van der Waals surface area contributed by atoms with Crippen LogP contribution in [-0.2, 0) is 0 Å². The Morgan fingerprint density at radius 2 is 1.70 bits per heavy atom. The second-order valence-electron chi connectivity index (χ2n) is 8.90. The fourth-order valence-electron chi connectivity index (χ4n) is 3.73. The molecule has 1 saturated heterocycles. The zero-order valence-electron chi connectivity index (χ0n) is 17.7. The van der Waals surface area contributed by atoms with Crippen LogP contribution in [0.1, 0.15) is 39.7 Å². The number of fused-ring (bicyclic) bond motifs is 1. The van der Waals surface area contributed by atoms with E-state index in [1.165, 1.54) is 12.1 Å². The molecule has 0 saturated carbocycles. The van der Waals surface area contributed by atoms with E-state index in [0.29, 0.717) is 28.7 Å². The van der Waals surface area contributed by atoms with Gasteiger partial charge in [-0.1, -0.05) is 0 Å². The highest BCUT2D eigenvalue weighted by molar-refractivity contribution is 5.76. The maximum Gasteiger partial charge on any atom is 0.225 e. The van der Waals surface area contributed by atoms with Crippen molar-refractivity contribution < 1.29 is 8.78 Å². The van der Waals surface area contributed by atoms with Crippen LogP contribution < -0.4 is 10.6 Å². The van der Waals surface area contributed by atoms with Crippen molar-refractivity contribution in [2.45, 2.75) is 45.2 Å². The van der Waals surface area contributed by atoms with Gasteiger partial charge in [0.2, 0.25) is 11.9 Å². The summed E-state index contributed by atoms with van der Waals surface area (Å²) in [6.07, 6.45) is 3.54. The smallest absolute Gasteiger partial charge is 0.225 e. The predicted octanol–water partition coefficient (Wildman–Crippen LogP) is 4.33. The van der Waals surface area contributed by atoms with Crippen LogP contribution in [0.25, 0.3) is 11.2 Å². The number of rotatable bonds is 4. The van der Waals surface area contributed by atoms with Crippen LogP contribution in [0.4, 0.5) is 26.4 Å². The summed E-state index contributed by atoms with van der Waals surface area (Å²) >= 11 is 0. The summed E-state index contributed by atoms with van der Waals surface area (Å²) in [4.78, 5) is 16.0. The van der Waals surface area contributed by atoms with Gasteiger partial charge >= 0.3 is 0 Å². The molecule has 1 aromatic carbocycles. The van der Waals surface area contributed by atoms with Crippen molar-refractivity contribution in [1.82, 2.24) is 24.4 Å². The Morgan fingerprint density at radius 1 is 1.03 bits per heavy atom. The number of aromatic nitrogens is 4. The number of nitrogens with one attached hydrogen (secondary N) is 2. The van der Waals surface area contributed by atoms with Gasteiger partial charge in [-0.15, -0.1) is 0 Å². The van der Waals surface area contributed by atoms with Crippen LogP contribution in [0.5, 0.6) is 0 Å². The van der Waals surface area contributed by atoms with Gasteiger partial charge in [0.1, 0.15) is 17.2 Å². The first-order chi connectivity index (χ1) is 14.2. The van der Waals surface area contributed by atoms with Crippen molar-refractivity contribution in [3.63, 3.8) is 0 Å². The third kappa shape index (κ3) is 4.51. The third-order valence-electron chi connectivity index (χ3n) is 5.09. The first-order valence-corrected chi connectivity index (χ1v) is 10.1. The van der Waals surface area contributed by atoms with Gasteiger partial charge in [-0.3, -0.25) is 4.57 Å². The molecule has 1 aliphatic rings. The van der Waals surface area contributed by atoms with Crippen LogP contribution in [0.3, 0.4) is 0 Å². The van der Waals surface area contributed by atoms with Gasteiger partial charge in [0.25, 0.3) is 0 Å². The number of imidazole rings is 1. The lowest BCUT2D eigenvalue weighted by atomic mass is 10.1. The highest BCUT2D eigenvalue weighted by atomic mass is 19.1. The lowest BCUT2D eigenvalue weighted by Crippen LogP contribution is -2.32. The average Bonchev–Trinajstić information content (AvgIpc) is 2.97. The summed E-state index contributed by atoms with van der Waals surface area (Å²) in [6, 6.07) is 3.52. The van der Waals surface area contributed by atoms with E-state index in [4.69, 9.17) is 4.98 Å². The van der Waals surface area contributed by atoms with Crippen molar-refractivity contribution in [2.75, 3.05) is 30.8 Å². The molecule has 0 aliphatic carbocycles. The largest absolute Gasteiger partial charge is 0.350 e. The molecule has 3 heterocycles. The molecule has 7 nitrogen and oxygen atoms in total. The molecule has 2 aromatic heterocycles. The normalized spacial score (nSPS) is 16.2. The molecule has 0 bridgehead atoms. The highest BCUT2D eigenvalue weighted by Gasteiger charge is 2.25. The fraction of sp³-hybridized carbons (Fsp3) is 0.476. The third-order valence-corrected chi connectivity index (χ3v) is 5.09. The molecule has 0 radical (unpaired) electrons. The minimum atomic E-state index is -0.643. The summed E-state index contributed by atoms with van der Waals surface area (Å²) < 4.78 is 29.4. The second kappa shape index (κ2) is 7.79. The van der Waals surface area contributed by atoms with E-state index in [1.54, 1.807) is 6.20 Å². The first-order valence-electron chi connectivity index (χ1n) is 10.1. The van der Waals surface area contributed by atoms with Gasteiger partial charge < -0.3 is 15.5 Å². The van der Waals surface area contributed by atoms with E-state index in [1.807, 2.05) is 25.3 Å². The Kier molecular flexibility index (Phi) is 5.31. The Labute approximate surface area is 174 Å². The molecule has 1 aliphatic heterocycles. The molecule has 2 N–H and O–H groups in total. The topological polar surface area (TPSA) is 70.9 Å². The van der Waals surface area contributed by atoms with Crippen LogP contribution in [0.2, 0.25) is 0 Å². The quantitative estimate of drug-likeness (QED) is 0.661. The highest BCUT2D eigenvalue weighted by Crippen LogP contribution is 2.32. The summed E-state index contributed by atoms with van der Waals surface area (Å²) in [7, 11) is 2.10. The SMILES string of the molecule is CN1CCC(n2c(Nc3cc(F)cc(F)c3)nc3cnc(NC(C)(C)C)nc32)CC1. The van der Waals surface area contributed by atoms with E-state index >= 15 is 0 Å². The molecule has 3 aromatic rings. The van der Waals surface area contributed by atoms with Crippen molar-refractivity contribution in [1.29, 1.82) is 0 Å². The van der Waals surface area contributed by atoms with Gasteiger partial charge in [0.05, 0.1) is 6.20 Å². The molecule has 0 amide bonds. The number of halogens is 2. The number of likely N-dealkylation sites (tertiary alicyclic amines) is 1. The number of hydrogen-bond donors (Lipinski definition) is 2. The summed E-state index contributed by atoms with van der Waals surface area (Å²) in [5.41, 5.74) is 1.45. The average molecular weight is 415 g/mol. The zero-order chi connectivity index (χ0) is 21.5. The Hall–Kier alpha value is -2.81. The van der Waals surface area contributed by atoms with Crippen molar-refractivity contribution >= 4 is 28.7 Å². The second-order valence-corrected chi connectivity index (χ2v) is 8.90. The molecule has 1 fully saturated rings. The Morgan fingerprint density at radius 3 is 2.33 bits per heavy atom.